The molecule has 2 aliphatic carbocycles. The summed E-state index contributed by atoms with van der Waals surface area (Å²) in [5.74, 6) is 2.68. The second kappa shape index (κ2) is 13.3. The van der Waals surface area contributed by atoms with Gasteiger partial charge in [-0.2, -0.15) is 0 Å². The van der Waals surface area contributed by atoms with Crippen molar-refractivity contribution in [1.29, 1.82) is 0 Å². The van der Waals surface area contributed by atoms with E-state index >= 15 is 0 Å². The normalized spacial score (nSPS) is 21.3. The lowest BCUT2D eigenvalue weighted by Gasteiger charge is -2.35. The average Bonchev–Trinajstić information content (AvgIpc) is 3.46. The molecular formula is C40H44O4. The third-order valence-electron chi connectivity index (χ3n) is 8.96. The molecular weight excluding hydrogens is 544 g/mol. The Kier molecular flexibility index (Phi) is 9.07. The number of aryl methyl sites for hydroxylation is 1. The molecule has 0 radical (unpaired) electrons. The summed E-state index contributed by atoms with van der Waals surface area (Å²) in [5.41, 5.74) is 6.25. The van der Waals surface area contributed by atoms with Gasteiger partial charge in [-0.1, -0.05) is 78.9 Å². The first-order chi connectivity index (χ1) is 21.3. The van der Waals surface area contributed by atoms with Crippen LogP contribution in [0.25, 0.3) is 0 Å². The third-order valence-corrected chi connectivity index (χ3v) is 8.96. The average molecular weight is 589 g/mol. The molecule has 0 amide bonds. The van der Waals surface area contributed by atoms with E-state index in [9.17, 15) is 4.79 Å². The summed E-state index contributed by atoms with van der Waals surface area (Å²) in [6.07, 6.45) is 5.54. The van der Waals surface area contributed by atoms with E-state index in [2.05, 4.69) is 93.6 Å². The number of hydrogen-bond donors (Lipinski definition) is 0. The molecule has 4 aromatic rings. The van der Waals surface area contributed by atoms with Gasteiger partial charge in [0.25, 0.3) is 0 Å². The Labute approximate surface area is 262 Å². The smallest absolute Gasteiger partial charge is 0.306 e. The zero-order valence-electron chi connectivity index (χ0n) is 26.2. The third kappa shape index (κ3) is 7.53. The van der Waals surface area contributed by atoms with Gasteiger partial charge in [0.05, 0.1) is 6.10 Å². The number of benzene rings is 4. The van der Waals surface area contributed by atoms with Crippen molar-refractivity contribution in [3.63, 3.8) is 0 Å². The lowest BCUT2D eigenvalue weighted by molar-refractivity contribution is -0.146. The van der Waals surface area contributed by atoms with E-state index in [1.165, 1.54) is 22.3 Å². The zero-order chi connectivity index (χ0) is 30.5. The molecule has 228 valence electrons. The van der Waals surface area contributed by atoms with Crippen LogP contribution in [-0.2, 0) is 22.6 Å². The fraction of sp³-hybridized carbons (Fsp3) is 0.375. The lowest BCUT2D eigenvalue weighted by atomic mass is 9.69. The van der Waals surface area contributed by atoms with Gasteiger partial charge in [-0.25, -0.2) is 0 Å². The summed E-state index contributed by atoms with van der Waals surface area (Å²) in [7, 11) is 0. The van der Waals surface area contributed by atoms with Crippen molar-refractivity contribution < 1.29 is 19.0 Å². The summed E-state index contributed by atoms with van der Waals surface area (Å²) in [6.45, 7) is 6.62. The molecule has 4 atom stereocenters. The van der Waals surface area contributed by atoms with E-state index in [4.69, 9.17) is 14.2 Å². The zero-order valence-corrected chi connectivity index (χ0v) is 26.2. The minimum atomic E-state index is -0.226. The van der Waals surface area contributed by atoms with Crippen molar-refractivity contribution in [3.8, 4) is 11.5 Å². The number of rotatable bonds is 9. The van der Waals surface area contributed by atoms with Crippen LogP contribution in [0.4, 0.5) is 0 Å². The molecule has 0 aromatic heterocycles. The molecule has 0 aliphatic heterocycles. The Morgan fingerprint density at radius 1 is 0.773 bits per heavy atom. The highest BCUT2D eigenvalue weighted by Gasteiger charge is 2.33. The lowest BCUT2D eigenvalue weighted by Crippen LogP contribution is -2.24. The van der Waals surface area contributed by atoms with Gasteiger partial charge >= 0.3 is 5.97 Å². The molecule has 0 N–H and O–H groups in total. The van der Waals surface area contributed by atoms with E-state index in [0.29, 0.717) is 24.9 Å². The van der Waals surface area contributed by atoms with Crippen LogP contribution in [0, 0.1) is 5.92 Å². The Morgan fingerprint density at radius 2 is 1.48 bits per heavy atom. The summed E-state index contributed by atoms with van der Waals surface area (Å²) in [5, 5.41) is 0. The number of hydrogen-bond acceptors (Lipinski definition) is 4. The van der Waals surface area contributed by atoms with Gasteiger partial charge in [-0.05, 0) is 117 Å². The minimum Gasteiger partial charge on any atom is -0.490 e. The minimum absolute atomic E-state index is 0.123. The van der Waals surface area contributed by atoms with Crippen molar-refractivity contribution in [3.05, 3.63) is 131 Å². The number of fused-ring (bicyclic) bond motifs is 1. The molecule has 0 saturated heterocycles. The van der Waals surface area contributed by atoms with Gasteiger partial charge in [0, 0.05) is 12.3 Å². The van der Waals surface area contributed by atoms with Crippen LogP contribution in [0.5, 0.6) is 11.5 Å². The molecule has 2 aliphatic rings. The van der Waals surface area contributed by atoms with Crippen LogP contribution in [0.3, 0.4) is 0 Å². The van der Waals surface area contributed by atoms with Gasteiger partial charge in [0.2, 0.25) is 0 Å². The predicted octanol–water partition coefficient (Wildman–Crippen LogP) is 9.41. The molecule has 0 bridgehead atoms. The standard InChI is InChI=1S/C40H44O4/c1-40(2,3)44-35-21-23-37-32(26-35)17-22-36(30-12-8-5-9-13-30)39(37)31-15-19-33(20-16-31)43-34-18-14-29(24-34)25-38(41)42-27-28-10-6-4-7-11-28/h4-13,15-16,19-21,23,26,29,34,36,39H,14,17-18,22,24-25,27H2,1-3H3/t29?,34?,36-,39+/m1/s1. The molecule has 0 spiro atoms. The molecule has 1 fully saturated rings. The van der Waals surface area contributed by atoms with Crippen LogP contribution in [0.15, 0.2) is 103 Å². The van der Waals surface area contributed by atoms with Crippen LogP contribution in [0.1, 0.15) is 92.5 Å². The Bertz CT molecular complexity index is 1520. The van der Waals surface area contributed by atoms with E-state index < -0.39 is 0 Å². The van der Waals surface area contributed by atoms with E-state index in [0.717, 1.165) is 49.2 Å². The maximum Gasteiger partial charge on any atom is 0.306 e. The highest BCUT2D eigenvalue weighted by Crippen LogP contribution is 2.47. The van der Waals surface area contributed by atoms with Crippen LogP contribution in [-0.4, -0.2) is 17.7 Å². The van der Waals surface area contributed by atoms with Crippen molar-refractivity contribution in [2.75, 3.05) is 0 Å². The maximum atomic E-state index is 12.5. The van der Waals surface area contributed by atoms with Crippen LogP contribution >= 0.6 is 0 Å². The fourth-order valence-corrected chi connectivity index (χ4v) is 6.99. The number of carbonyl (C=O) groups is 1. The highest BCUT2D eigenvalue weighted by molar-refractivity contribution is 5.69. The SMILES string of the molecule is CC(C)(C)Oc1ccc2c(c1)CC[C@H](c1ccccc1)[C@@H]2c1ccc(OC2CCC(CC(=O)OCc3ccccc3)C2)cc1. The van der Waals surface area contributed by atoms with E-state index in [1.807, 2.05) is 30.3 Å². The second-order valence-corrected chi connectivity index (χ2v) is 13.4. The highest BCUT2D eigenvalue weighted by atomic mass is 16.5. The molecule has 4 aromatic carbocycles. The molecule has 6 rings (SSSR count). The quantitative estimate of drug-likeness (QED) is 0.183. The van der Waals surface area contributed by atoms with Crippen molar-refractivity contribution >= 4 is 5.97 Å². The number of ether oxygens (including phenoxy) is 3. The van der Waals surface area contributed by atoms with Gasteiger partial charge in [-0.3, -0.25) is 4.79 Å². The molecule has 44 heavy (non-hydrogen) atoms. The molecule has 0 heterocycles. The van der Waals surface area contributed by atoms with Gasteiger partial charge in [0.1, 0.15) is 23.7 Å². The number of esters is 1. The van der Waals surface area contributed by atoms with Crippen LogP contribution in [0.2, 0.25) is 0 Å². The van der Waals surface area contributed by atoms with Gasteiger partial charge < -0.3 is 14.2 Å². The first kappa shape index (κ1) is 30.0. The summed E-state index contributed by atoms with van der Waals surface area (Å²) >= 11 is 0. The maximum absolute atomic E-state index is 12.5. The largest absolute Gasteiger partial charge is 0.490 e. The molecule has 1 saturated carbocycles. The van der Waals surface area contributed by atoms with Crippen molar-refractivity contribution in [1.82, 2.24) is 0 Å². The van der Waals surface area contributed by atoms with Gasteiger partial charge in [0.15, 0.2) is 0 Å². The topological polar surface area (TPSA) is 44.8 Å². The Hall–Kier alpha value is -4.05. The Balaban J connectivity index is 1.12. The van der Waals surface area contributed by atoms with Crippen molar-refractivity contribution in [2.45, 2.75) is 89.4 Å². The van der Waals surface area contributed by atoms with Crippen molar-refractivity contribution in [2.24, 2.45) is 5.92 Å². The first-order valence-corrected chi connectivity index (χ1v) is 16.1. The molecule has 4 nitrogen and oxygen atoms in total. The van der Waals surface area contributed by atoms with Gasteiger partial charge in [-0.15, -0.1) is 0 Å². The molecule has 2 unspecified atom stereocenters. The van der Waals surface area contributed by atoms with E-state index in [-0.39, 0.29) is 23.6 Å². The first-order valence-electron chi connectivity index (χ1n) is 16.1. The predicted molar refractivity (Wildman–Crippen MR) is 175 cm³/mol. The Morgan fingerprint density at radius 3 is 2.20 bits per heavy atom. The second-order valence-electron chi connectivity index (χ2n) is 13.4. The summed E-state index contributed by atoms with van der Waals surface area (Å²) in [6, 6.07) is 36.2. The summed E-state index contributed by atoms with van der Waals surface area (Å²) < 4.78 is 18.2. The van der Waals surface area contributed by atoms with E-state index in [1.54, 1.807) is 0 Å². The summed E-state index contributed by atoms with van der Waals surface area (Å²) in [4.78, 5) is 12.5. The molecule has 4 heteroatoms. The monoisotopic (exact) mass is 588 g/mol. The fourth-order valence-electron chi connectivity index (χ4n) is 6.99. The van der Waals surface area contributed by atoms with Crippen LogP contribution < -0.4 is 9.47 Å². The number of carbonyl (C=O) groups excluding carboxylic acids is 1.